The largest absolute Gasteiger partial charge is 0.534 e. The van der Waals surface area contributed by atoms with E-state index in [0.717, 1.165) is 40.4 Å². The van der Waals surface area contributed by atoms with Gasteiger partial charge in [0.15, 0.2) is 0 Å². The maximum Gasteiger partial charge on any atom is 0.534 e. The fraction of sp³-hybridized carbons (Fsp3) is 0.440. The molecule has 0 amide bonds. The van der Waals surface area contributed by atoms with E-state index in [2.05, 4.69) is 9.07 Å². The summed E-state index contributed by atoms with van der Waals surface area (Å²) in [5.41, 5.74) is -2.30. The Bertz CT molecular complexity index is 1110. The zero-order valence-corrected chi connectivity index (χ0v) is 22.4. The molecule has 0 bridgehead atoms. The lowest BCUT2D eigenvalue weighted by atomic mass is 9.96. The molecule has 0 aliphatic heterocycles. The van der Waals surface area contributed by atoms with Crippen LogP contribution in [-0.4, -0.2) is 47.6 Å². The molecule has 0 radical (unpaired) electrons. The topological polar surface area (TPSA) is 101 Å². The maximum atomic E-state index is 12.0. The van der Waals surface area contributed by atoms with E-state index in [4.69, 9.17) is 19.5 Å². The third-order valence-corrected chi connectivity index (χ3v) is 6.34. The SMILES string of the molecule is CC1CCCC=C1OS(=O)(=O)C(F)(F)F.COO.COc1cccc(-c2c(OC)cccc2OC)c1C. The number of alkyl halides is 3. The van der Waals surface area contributed by atoms with Gasteiger partial charge < -0.3 is 18.4 Å². The molecule has 1 atom stereocenters. The van der Waals surface area contributed by atoms with Crippen molar-refractivity contribution in [2.24, 2.45) is 5.92 Å². The van der Waals surface area contributed by atoms with Crippen LogP contribution in [0.2, 0.25) is 0 Å². The smallest absolute Gasteiger partial charge is 0.496 e. The summed E-state index contributed by atoms with van der Waals surface area (Å²) < 4.78 is 77.6. The molecule has 2 aromatic rings. The minimum atomic E-state index is -5.50. The summed E-state index contributed by atoms with van der Waals surface area (Å²) in [5, 5.41) is 7.07. The van der Waals surface area contributed by atoms with Crippen LogP contribution in [0.1, 0.15) is 31.7 Å². The van der Waals surface area contributed by atoms with Gasteiger partial charge in [0.1, 0.15) is 23.0 Å². The standard InChI is InChI=1S/C16H18O3.C8H11F3O3S.CH4O2/c1-11-12(7-5-8-13(11)17-2)16-14(18-3)9-6-10-15(16)19-4;1-6-4-2-3-5-7(6)14-15(12,13)8(9,10)11;1-3-2/h5-10H,1-4H3;5-6H,2-4H2,1H3;2H,1H3. The molecule has 37 heavy (non-hydrogen) atoms. The third kappa shape index (κ3) is 8.83. The first kappa shape index (κ1) is 32.1. The van der Waals surface area contributed by atoms with Gasteiger partial charge in [0, 0.05) is 5.92 Å². The Kier molecular flexibility index (Phi) is 12.7. The summed E-state index contributed by atoms with van der Waals surface area (Å²) in [4.78, 5) is 3.25. The van der Waals surface area contributed by atoms with Crippen molar-refractivity contribution < 1.29 is 50.1 Å². The van der Waals surface area contributed by atoms with Crippen LogP contribution in [0.5, 0.6) is 17.2 Å². The van der Waals surface area contributed by atoms with Gasteiger partial charge in [0.25, 0.3) is 0 Å². The average Bonchev–Trinajstić information content (AvgIpc) is 2.85. The molecule has 0 fully saturated rings. The number of halogens is 3. The summed E-state index contributed by atoms with van der Waals surface area (Å²) in [6.45, 7) is 3.66. The van der Waals surface area contributed by atoms with Crippen LogP contribution in [0.15, 0.2) is 48.2 Å². The molecule has 12 heteroatoms. The van der Waals surface area contributed by atoms with Crippen molar-refractivity contribution in [1.82, 2.24) is 0 Å². The molecule has 1 N–H and O–H groups in total. The van der Waals surface area contributed by atoms with Gasteiger partial charge in [0.2, 0.25) is 0 Å². The highest BCUT2D eigenvalue weighted by Gasteiger charge is 2.49. The quantitative estimate of drug-likeness (QED) is 0.192. The van der Waals surface area contributed by atoms with Gasteiger partial charge in [-0.05, 0) is 61.6 Å². The Balaban J connectivity index is 0.000000343. The normalized spacial score (nSPS) is 15.2. The molecular weight excluding hydrogens is 517 g/mol. The molecule has 0 aromatic heterocycles. The number of benzene rings is 2. The van der Waals surface area contributed by atoms with Crippen molar-refractivity contribution in [2.45, 2.75) is 38.6 Å². The van der Waals surface area contributed by atoms with Gasteiger partial charge in [-0.1, -0.05) is 25.1 Å². The zero-order chi connectivity index (χ0) is 28.2. The Labute approximate surface area is 215 Å². The highest BCUT2D eigenvalue weighted by molar-refractivity contribution is 7.87. The highest BCUT2D eigenvalue weighted by atomic mass is 32.2. The Morgan fingerprint density at radius 3 is 1.86 bits per heavy atom. The van der Waals surface area contributed by atoms with Crippen molar-refractivity contribution in [3.05, 3.63) is 53.8 Å². The van der Waals surface area contributed by atoms with Crippen LogP contribution in [-0.2, 0) is 19.2 Å². The second-order valence-corrected chi connectivity index (χ2v) is 9.31. The van der Waals surface area contributed by atoms with Crippen molar-refractivity contribution >= 4 is 10.1 Å². The summed E-state index contributed by atoms with van der Waals surface area (Å²) in [5.74, 6) is 2.05. The first-order valence-corrected chi connectivity index (χ1v) is 12.5. The minimum Gasteiger partial charge on any atom is -0.496 e. The van der Waals surface area contributed by atoms with E-state index in [0.29, 0.717) is 12.8 Å². The van der Waals surface area contributed by atoms with Crippen molar-refractivity contribution in [1.29, 1.82) is 0 Å². The van der Waals surface area contributed by atoms with Crippen molar-refractivity contribution in [3.63, 3.8) is 0 Å². The maximum absolute atomic E-state index is 12.0. The van der Waals surface area contributed by atoms with Crippen molar-refractivity contribution in [3.8, 4) is 28.4 Å². The predicted octanol–water partition coefficient (Wildman–Crippen LogP) is 6.35. The molecule has 0 saturated carbocycles. The number of allylic oxidation sites excluding steroid dienone is 2. The predicted molar refractivity (Wildman–Crippen MR) is 133 cm³/mol. The van der Waals surface area contributed by atoms with Crippen molar-refractivity contribution in [2.75, 3.05) is 28.4 Å². The first-order chi connectivity index (χ1) is 17.4. The molecule has 1 unspecified atom stereocenters. The molecule has 208 valence electrons. The monoisotopic (exact) mass is 550 g/mol. The second kappa shape index (κ2) is 14.7. The van der Waals surface area contributed by atoms with Gasteiger partial charge in [-0.2, -0.15) is 21.6 Å². The van der Waals surface area contributed by atoms with Gasteiger partial charge in [-0.3, -0.25) is 5.26 Å². The fourth-order valence-electron chi connectivity index (χ4n) is 3.52. The number of ether oxygens (including phenoxy) is 3. The zero-order valence-electron chi connectivity index (χ0n) is 21.6. The number of methoxy groups -OCH3 is 3. The summed E-state index contributed by atoms with van der Waals surface area (Å²) >= 11 is 0. The lowest BCUT2D eigenvalue weighted by Crippen LogP contribution is -2.27. The average molecular weight is 551 g/mol. The Hall–Kier alpha value is -2.96. The lowest BCUT2D eigenvalue weighted by molar-refractivity contribution is -0.214. The van der Waals surface area contributed by atoms with Crippen LogP contribution in [0.4, 0.5) is 13.2 Å². The van der Waals surface area contributed by atoms with Gasteiger partial charge in [0.05, 0.1) is 34.0 Å². The fourth-order valence-corrected chi connectivity index (χ4v) is 4.11. The molecule has 1 aliphatic rings. The van der Waals surface area contributed by atoms with Crippen LogP contribution in [0.3, 0.4) is 0 Å². The van der Waals surface area contributed by atoms with E-state index in [1.165, 1.54) is 13.2 Å². The molecule has 0 spiro atoms. The second-order valence-electron chi connectivity index (χ2n) is 7.77. The van der Waals surface area contributed by atoms with E-state index < -0.39 is 15.6 Å². The summed E-state index contributed by atoms with van der Waals surface area (Å²) in [6.07, 6.45) is 3.42. The van der Waals surface area contributed by atoms with E-state index in [1.807, 2.05) is 43.3 Å². The number of hydrogen-bond donors (Lipinski definition) is 1. The van der Waals surface area contributed by atoms with Gasteiger partial charge in [-0.25, -0.2) is 4.89 Å². The lowest BCUT2D eigenvalue weighted by Gasteiger charge is -2.20. The highest BCUT2D eigenvalue weighted by Crippen LogP contribution is 2.41. The first-order valence-electron chi connectivity index (χ1n) is 11.1. The molecule has 3 rings (SSSR count). The minimum absolute atomic E-state index is 0.0985. The molecule has 2 aromatic carbocycles. The van der Waals surface area contributed by atoms with Crippen LogP contribution < -0.4 is 14.2 Å². The summed E-state index contributed by atoms with van der Waals surface area (Å²) in [6, 6.07) is 11.7. The number of rotatable bonds is 6. The molecule has 0 saturated heterocycles. The van der Waals surface area contributed by atoms with E-state index >= 15 is 0 Å². The Morgan fingerprint density at radius 2 is 1.41 bits per heavy atom. The van der Waals surface area contributed by atoms with Crippen LogP contribution >= 0.6 is 0 Å². The van der Waals surface area contributed by atoms with E-state index in [-0.39, 0.29) is 11.7 Å². The summed E-state index contributed by atoms with van der Waals surface area (Å²) in [7, 11) is 0.675. The molecule has 0 heterocycles. The van der Waals surface area contributed by atoms with Gasteiger partial charge in [-0.15, -0.1) is 0 Å². The third-order valence-electron chi connectivity index (χ3n) is 5.36. The molecule has 1 aliphatic carbocycles. The molecule has 8 nitrogen and oxygen atoms in total. The Morgan fingerprint density at radius 1 is 0.919 bits per heavy atom. The van der Waals surface area contributed by atoms with E-state index in [1.54, 1.807) is 28.3 Å². The van der Waals surface area contributed by atoms with Crippen LogP contribution in [0, 0.1) is 12.8 Å². The van der Waals surface area contributed by atoms with Gasteiger partial charge >= 0.3 is 15.6 Å². The van der Waals surface area contributed by atoms with E-state index in [9.17, 15) is 21.6 Å². The van der Waals surface area contributed by atoms with Crippen LogP contribution in [0.25, 0.3) is 11.1 Å². The number of hydrogen-bond acceptors (Lipinski definition) is 8. The molecular formula is C25H33F3O8S.